The van der Waals surface area contributed by atoms with Gasteiger partial charge in [-0.05, 0) is 19.8 Å². The normalized spacial score (nSPS) is 14.3. The molecule has 0 aliphatic heterocycles. The van der Waals surface area contributed by atoms with Gasteiger partial charge in [-0.3, -0.25) is 0 Å². The lowest BCUT2D eigenvalue weighted by atomic mass is 10.2. The molecule has 0 amide bonds. The molecule has 22 heavy (non-hydrogen) atoms. The minimum atomic E-state index is 0. The van der Waals surface area contributed by atoms with Crippen molar-refractivity contribution >= 4 is 41.3 Å². The number of aliphatic imine (C=N–C) groups is 1. The smallest absolute Gasteiger partial charge is 0.191 e. The first kappa shape index (κ1) is 17.2. The van der Waals surface area contributed by atoms with Crippen LogP contribution in [0.3, 0.4) is 0 Å². The van der Waals surface area contributed by atoms with Gasteiger partial charge in [0.2, 0.25) is 0 Å². The molecule has 2 N–H and O–H groups in total. The van der Waals surface area contributed by atoms with E-state index in [2.05, 4.69) is 45.0 Å². The second kappa shape index (κ2) is 8.47. The number of nitrogens with zero attached hydrogens (tertiary/aromatic N) is 2. The summed E-state index contributed by atoms with van der Waals surface area (Å²) >= 11 is 1.67. The van der Waals surface area contributed by atoms with Gasteiger partial charge in [0.1, 0.15) is 5.01 Å². The molecular weight excluding hydrogens is 407 g/mol. The SMILES string of the molecule is CCNC(=NCc1nc(-c2ccccc2)cs1)NC1CC1.I. The third-order valence-electron chi connectivity index (χ3n) is 3.26. The van der Waals surface area contributed by atoms with E-state index in [-0.39, 0.29) is 24.0 Å². The van der Waals surface area contributed by atoms with E-state index in [0.29, 0.717) is 12.6 Å². The van der Waals surface area contributed by atoms with Gasteiger partial charge in [-0.25, -0.2) is 9.98 Å². The van der Waals surface area contributed by atoms with Crippen molar-refractivity contribution in [2.24, 2.45) is 4.99 Å². The zero-order valence-electron chi connectivity index (χ0n) is 12.6. The van der Waals surface area contributed by atoms with Crippen LogP contribution in [-0.2, 0) is 6.54 Å². The van der Waals surface area contributed by atoms with Crippen LogP contribution in [0.15, 0.2) is 40.7 Å². The van der Waals surface area contributed by atoms with Crippen molar-refractivity contribution in [1.82, 2.24) is 15.6 Å². The summed E-state index contributed by atoms with van der Waals surface area (Å²) in [5.41, 5.74) is 2.19. The third kappa shape index (κ3) is 4.95. The molecule has 3 rings (SSSR count). The van der Waals surface area contributed by atoms with E-state index in [1.807, 2.05) is 18.2 Å². The standard InChI is InChI=1S/C16H20N4S.HI/c1-2-17-16(19-13-8-9-13)18-10-15-20-14(11-21-15)12-6-4-3-5-7-12;/h3-7,11,13H,2,8-10H2,1H3,(H2,17,18,19);1H. The summed E-state index contributed by atoms with van der Waals surface area (Å²) in [5.74, 6) is 0.900. The van der Waals surface area contributed by atoms with Gasteiger partial charge < -0.3 is 10.6 Å². The van der Waals surface area contributed by atoms with Gasteiger partial charge in [-0.15, -0.1) is 35.3 Å². The van der Waals surface area contributed by atoms with Crippen molar-refractivity contribution in [2.45, 2.75) is 32.4 Å². The van der Waals surface area contributed by atoms with E-state index in [1.54, 1.807) is 11.3 Å². The van der Waals surface area contributed by atoms with Crippen molar-refractivity contribution in [1.29, 1.82) is 0 Å². The monoisotopic (exact) mass is 428 g/mol. The number of guanidine groups is 1. The fraction of sp³-hybridized carbons (Fsp3) is 0.375. The maximum absolute atomic E-state index is 4.66. The lowest BCUT2D eigenvalue weighted by Crippen LogP contribution is -2.38. The van der Waals surface area contributed by atoms with E-state index in [1.165, 1.54) is 12.8 Å². The number of aromatic nitrogens is 1. The Kier molecular flexibility index (Phi) is 6.63. The molecule has 0 unspecified atom stereocenters. The number of halogens is 1. The quantitative estimate of drug-likeness (QED) is 0.434. The van der Waals surface area contributed by atoms with Gasteiger partial charge in [0.05, 0.1) is 12.2 Å². The zero-order valence-corrected chi connectivity index (χ0v) is 15.7. The van der Waals surface area contributed by atoms with Crippen molar-refractivity contribution in [3.05, 3.63) is 40.7 Å². The fourth-order valence-electron chi connectivity index (χ4n) is 2.01. The highest BCUT2D eigenvalue weighted by atomic mass is 127. The molecule has 0 bridgehead atoms. The number of rotatable bonds is 5. The van der Waals surface area contributed by atoms with Crippen LogP contribution in [0.1, 0.15) is 24.8 Å². The van der Waals surface area contributed by atoms with Crippen LogP contribution in [-0.4, -0.2) is 23.5 Å². The minimum absolute atomic E-state index is 0. The Bertz CT molecular complexity index is 608. The summed E-state index contributed by atoms with van der Waals surface area (Å²) < 4.78 is 0. The van der Waals surface area contributed by atoms with Crippen LogP contribution in [0.4, 0.5) is 0 Å². The second-order valence-corrected chi connectivity index (χ2v) is 6.05. The average molecular weight is 428 g/mol. The predicted octanol–water partition coefficient (Wildman–Crippen LogP) is 3.65. The first-order valence-electron chi connectivity index (χ1n) is 7.40. The minimum Gasteiger partial charge on any atom is -0.357 e. The van der Waals surface area contributed by atoms with Crippen LogP contribution in [0.2, 0.25) is 0 Å². The van der Waals surface area contributed by atoms with Gasteiger partial charge >= 0.3 is 0 Å². The molecule has 1 aromatic heterocycles. The molecule has 1 fully saturated rings. The van der Waals surface area contributed by atoms with Gasteiger partial charge in [-0.1, -0.05) is 30.3 Å². The molecule has 1 aliphatic rings. The summed E-state index contributed by atoms with van der Waals surface area (Å²) in [4.78, 5) is 9.28. The molecular formula is C16H21IN4S. The van der Waals surface area contributed by atoms with Crippen LogP contribution in [0, 0.1) is 0 Å². The van der Waals surface area contributed by atoms with E-state index < -0.39 is 0 Å². The zero-order chi connectivity index (χ0) is 14.5. The Morgan fingerprint density at radius 1 is 1.32 bits per heavy atom. The van der Waals surface area contributed by atoms with Crippen LogP contribution < -0.4 is 10.6 Å². The molecule has 1 heterocycles. The van der Waals surface area contributed by atoms with E-state index in [9.17, 15) is 0 Å². The largest absolute Gasteiger partial charge is 0.357 e. The Morgan fingerprint density at radius 3 is 2.77 bits per heavy atom. The Labute approximate surface area is 152 Å². The van der Waals surface area contributed by atoms with Gasteiger partial charge in [0.15, 0.2) is 5.96 Å². The highest BCUT2D eigenvalue weighted by Gasteiger charge is 2.22. The molecule has 1 aliphatic carbocycles. The Balaban J connectivity index is 0.00000176. The molecule has 0 saturated heterocycles. The molecule has 0 radical (unpaired) electrons. The van der Waals surface area contributed by atoms with E-state index >= 15 is 0 Å². The first-order valence-corrected chi connectivity index (χ1v) is 8.28. The highest BCUT2D eigenvalue weighted by Crippen LogP contribution is 2.22. The summed E-state index contributed by atoms with van der Waals surface area (Å²) in [7, 11) is 0. The number of thiazole rings is 1. The topological polar surface area (TPSA) is 49.3 Å². The van der Waals surface area contributed by atoms with Crippen LogP contribution in [0.5, 0.6) is 0 Å². The van der Waals surface area contributed by atoms with E-state index in [0.717, 1.165) is 28.8 Å². The van der Waals surface area contributed by atoms with Gasteiger partial charge in [0, 0.05) is 23.5 Å². The lowest BCUT2D eigenvalue weighted by molar-refractivity contribution is 0.811. The molecule has 6 heteroatoms. The summed E-state index contributed by atoms with van der Waals surface area (Å²) in [5, 5.41) is 9.84. The van der Waals surface area contributed by atoms with Crippen molar-refractivity contribution in [3.8, 4) is 11.3 Å². The molecule has 1 saturated carbocycles. The van der Waals surface area contributed by atoms with Crippen LogP contribution >= 0.6 is 35.3 Å². The molecule has 0 atom stereocenters. The molecule has 0 spiro atoms. The number of hydrogen-bond acceptors (Lipinski definition) is 3. The number of hydrogen-bond donors (Lipinski definition) is 2. The number of benzene rings is 1. The van der Waals surface area contributed by atoms with Gasteiger partial charge in [0.25, 0.3) is 0 Å². The highest BCUT2D eigenvalue weighted by molar-refractivity contribution is 14.0. The fourth-order valence-corrected chi connectivity index (χ4v) is 2.74. The van der Waals surface area contributed by atoms with Crippen molar-refractivity contribution in [3.63, 3.8) is 0 Å². The molecule has 4 nitrogen and oxygen atoms in total. The lowest BCUT2D eigenvalue weighted by Gasteiger charge is -2.09. The van der Waals surface area contributed by atoms with Crippen LogP contribution in [0.25, 0.3) is 11.3 Å². The predicted molar refractivity (Wildman–Crippen MR) is 104 cm³/mol. The third-order valence-corrected chi connectivity index (χ3v) is 4.09. The first-order chi connectivity index (χ1) is 10.3. The maximum atomic E-state index is 4.66. The van der Waals surface area contributed by atoms with Crippen molar-refractivity contribution < 1.29 is 0 Å². The summed E-state index contributed by atoms with van der Waals surface area (Å²) in [6, 6.07) is 10.9. The van der Waals surface area contributed by atoms with Gasteiger partial charge in [-0.2, -0.15) is 0 Å². The summed E-state index contributed by atoms with van der Waals surface area (Å²) in [6.07, 6.45) is 2.50. The Morgan fingerprint density at radius 2 is 2.09 bits per heavy atom. The molecule has 2 aromatic rings. The molecule has 1 aromatic carbocycles. The second-order valence-electron chi connectivity index (χ2n) is 5.11. The number of nitrogens with one attached hydrogen (secondary N) is 2. The maximum Gasteiger partial charge on any atom is 0.191 e. The summed E-state index contributed by atoms with van der Waals surface area (Å²) in [6.45, 7) is 3.59. The van der Waals surface area contributed by atoms with E-state index in [4.69, 9.17) is 0 Å². The Hall–Kier alpha value is -1.15. The van der Waals surface area contributed by atoms with Crippen molar-refractivity contribution in [2.75, 3.05) is 6.54 Å². The average Bonchev–Trinajstić information content (AvgIpc) is 3.20. The molecule has 118 valence electrons.